The van der Waals surface area contributed by atoms with E-state index in [2.05, 4.69) is 40.7 Å². The van der Waals surface area contributed by atoms with Gasteiger partial charge in [0.1, 0.15) is 0 Å². The smallest absolute Gasteiger partial charge is 0.273 e. The van der Waals surface area contributed by atoms with Crippen LogP contribution in [0.3, 0.4) is 0 Å². The van der Waals surface area contributed by atoms with E-state index in [-0.39, 0.29) is 34.0 Å². The Morgan fingerprint density at radius 3 is 2.34 bits per heavy atom. The number of sulfone groups is 1. The predicted molar refractivity (Wildman–Crippen MR) is 164 cm³/mol. The van der Waals surface area contributed by atoms with Crippen LogP contribution < -0.4 is 0 Å². The number of hydrogen-bond donors (Lipinski definition) is 0. The number of rotatable bonds is 11. The molecule has 1 unspecified atom stereocenters. The van der Waals surface area contributed by atoms with Crippen molar-refractivity contribution in [1.29, 1.82) is 0 Å². The average molecular weight is 592 g/mol. The van der Waals surface area contributed by atoms with E-state index in [0.29, 0.717) is 24.2 Å². The van der Waals surface area contributed by atoms with Crippen molar-refractivity contribution in [3.05, 3.63) is 41.5 Å². The predicted octanol–water partition coefficient (Wildman–Crippen LogP) is 8.99. The van der Waals surface area contributed by atoms with Gasteiger partial charge in [0.25, 0.3) is 5.92 Å². The summed E-state index contributed by atoms with van der Waals surface area (Å²) in [5.74, 6) is -1.58. The first kappa shape index (κ1) is 33.6. The van der Waals surface area contributed by atoms with Gasteiger partial charge in [-0.1, -0.05) is 53.7 Å². The van der Waals surface area contributed by atoms with Gasteiger partial charge in [0.05, 0.1) is 9.64 Å². The number of hydrogen-bond acceptors (Lipinski definition) is 4. The lowest BCUT2D eigenvalue weighted by atomic mass is 9.67. The van der Waals surface area contributed by atoms with Crippen LogP contribution in [-0.4, -0.2) is 31.2 Å². The van der Waals surface area contributed by atoms with E-state index in [4.69, 9.17) is 4.99 Å². The summed E-state index contributed by atoms with van der Waals surface area (Å²) >= 11 is 0. The molecule has 2 aliphatic rings. The van der Waals surface area contributed by atoms with E-state index in [1.165, 1.54) is 25.1 Å². The molecule has 1 fully saturated rings. The summed E-state index contributed by atoms with van der Waals surface area (Å²) in [7, 11) is -3.80. The van der Waals surface area contributed by atoms with E-state index in [1.54, 1.807) is 13.8 Å². The van der Waals surface area contributed by atoms with Crippen LogP contribution in [0.4, 0.5) is 8.78 Å². The molecule has 0 saturated heterocycles. The molecule has 1 heterocycles. The van der Waals surface area contributed by atoms with Gasteiger partial charge in [0, 0.05) is 36.1 Å². The summed E-state index contributed by atoms with van der Waals surface area (Å²) in [4.78, 5) is 18.2. The second-order valence-electron chi connectivity index (χ2n) is 14.2. The number of allylic oxidation sites excluding steroid dienone is 2. The van der Waals surface area contributed by atoms with Crippen LogP contribution >= 0.6 is 0 Å². The van der Waals surface area contributed by atoms with Gasteiger partial charge in [-0.05, 0) is 99.8 Å². The number of Topliss-reactive ketones (excluding diaryl/α,β-unsaturated/α-hetero) is 1. The van der Waals surface area contributed by atoms with Crippen LogP contribution in [0.25, 0.3) is 0 Å². The van der Waals surface area contributed by atoms with Gasteiger partial charge >= 0.3 is 0 Å². The third kappa shape index (κ3) is 7.74. The maximum absolute atomic E-state index is 14.3. The highest BCUT2D eigenvalue weighted by atomic mass is 32.2. The fourth-order valence-electron chi connectivity index (χ4n) is 6.09. The highest BCUT2D eigenvalue weighted by Crippen LogP contribution is 2.48. The molecule has 0 spiro atoms. The van der Waals surface area contributed by atoms with Gasteiger partial charge in [0.15, 0.2) is 15.6 Å². The van der Waals surface area contributed by atoms with Gasteiger partial charge < -0.3 is 0 Å². The Bertz CT molecular complexity index is 1250. The number of carbonyl (C=O) groups excluding carboxylic acids is 1. The highest BCUT2D eigenvalue weighted by molar-refractivity contribution is 7.92. The van der Waals surface area contributed by atoms with E-state index in [9.17, 15) is 22.0 Å². The molecule has 0 amide bonds. The number of ketones is 1. The summed E-state index contributed by atoms with van der Waals surface area (Å²) in [6.45, 7) is 16.5. The maximum atomic E-state index is 14.3. The zero-order valence-corrected chi connectivity index (χ0v) is 27.2. The molecule has 230 valence electrons. The molecule has 1 atom stereocenters. The van der Waals surface area contributed by atoms with Gasteiger partial charge in [0.2, 0.25) is 0 Å². The van der Waals surface area contributed by atoms with Crippen molar-refractivity contribution >= 4 is 21.3 Å². The number of carbonyl (C=O) groups is 1. The third-order valence-electron chi connectivity index (χ3n) is 9.58. The molecule has 1 aliphatic heterocycles. The lowest BCUT2D eigenvalue weighted by Gasteiger charge is -2.45. The van der Waals surface area contributed by atoms with Crippen LogP contribution in [0.1, 0.15) is 112 Å². The van der Waals surface area contributed by atoms with Crippen molar-refractivity contribution in [1.82, 2.24) is 0 Å². The van der Waals surface area contributed by atoms with Crippen molar-refractivity contribution in [3.63, 3.8) is 0 Å². The monoisotopic (exact) mass is 591 g/mol. The number of nitrogens with zero attached hydrogens (tertiary/aromatic N) is 1. The minimum absolute atomic E-state index is 0.0347. The molecular formula is C34H51F2NO3S. The lowest BCUT2D eigenvalue weighted by molar-refractivity contribution is -0.116. The van der Waals surface area contributed by atoms with E-state index < -0.39 is 20.5 Å². The first-order valence-corrected chi connectivity index (χ1v) is 16.9. The summed E-state index contributed by atoms with van der Waals surface area (Å²) in [5.41, 5.74) is 1.53. The van der Waals surface area contributed by atoms with Crippen LogP contribution in [0.5, 0.6) is 0 Å². The first-order valence-electron chi connectivity index (χ1n) is 15.4. The molecule has 0 N–H and O–H groups in total. The number of halogens is 2. The largest absolute Gasteiger partial charge is 0.295 e. The molecule has 0 radical (unpaired) electrons. The number of alkyl halides is 2. The zero-order valence-electron chi connectivity index (χ0n) is 26.4. The topological polar surface area (TPSA) is 63.6 Å². The average Bonchev–Trinajstić information content (AvgIpc) is 2.84. The number of benzene rings is 1. The molecule has 1 saturated carbocycles. The standard InChI is InChI=1S/C34H51F2NO3S/c1-9-34(35,36)27-13-11-14-29(22-27)41(39,40)33(7,8)28-18-24(19-28)12-10-15-30(38)26-20-25(23(2)3)16-17-37-31(21-26)32(4,5)6/h11,13-14,21-25,28H,9-10,12,15-20H2,1-8H3. The van der Waals surface area contributed by atoms with E-state index in [1.807, 2.05) is 0 Å². The van der Waals surface area contributed by atoms with Gasteiger partial charge in [-0.2, -0.15) is 0 Å². The molecule has 3 rings (SSSR count). The molecule has 0 bridgehead atoms. The molecule has 1 aromatic rings. The Kier molecular flexibility index (Phi) is 10.5. The maximum Gasteiger partial charge on any atom is 0.273 e. The minimum atomic E-state index is -3.80. The van der Waals surface area contributed by atoms with E-state index in [0.717, 1.165) is 62.4 Å². The number of aliphatic imine (C=N–C) groups is 1. The van der Waals surface area contributed by atoms with Crippen molar-refractivity contribution in [2.75, 3.05) is 6.54 Å². The fraction of sp³-hybridized carbons (Fsp3) is 0.706. The zero-order chi connectivity index (χ0) is 30.8. The van der Waals surface area contributed by atoms with Crippen LogP contribution in [0, 0.1) is 29.1 Å². The van der Waals surface area contributed by atoms with Crippen molar-refractivity contribution in [3.8, 4) is 0 Å². The second kappa shape index (κ2) is 12.8. The Labute approximate surface area is 247 Å². The summed E-state index contributed by atoms with van der Waals surface area (Å²) in [6.07, 6.45) is 7.16. The van der Waals surface area contributed by atoms with Crippen molar-refractivity contribution < 1.29 is 22.0 Å². The van der Waals surface area contributed by atoms with Gasteiger partial charge in [-0.25, -0.2) is 17.2 Å². The Morgan fingerprint density at radius 2 is 1.76 bits per heavy atom. The lowest BCUT2D eigenvalue weighted by Crippen LogP contribution is -2.46. The molecule has 1 aliphatic carbocycles. The molecule has 0 aromatic heterocycles. The van der Waals surface area contributed by atoms with Crippen LogP contribution in [0.15, 0.2) is 45.8 Å². The molecule has 7 heteroatoms. The summed E-state index contributed by atoms with van der Waals surface area (Å²) < 4.78 is 54.6. The van der Waals surface area contributed by atoms with E-state index >= 15 is 0 Å². The molecule has 1 aromatic carbocycles. The second-order valence-corrected chi connectivity index (χ2v) is 16.8. The van der Waals surface area contributed by atoms with Crippen LogP contribution in [-0.2, 0) is 20.6 Å². The minimum Gasteiger partial charge on any atom is -0.295 e. The summed E-state index contributed by atoms with van der Waals surface area (Å²) in [5, 5.41) is 0. The third-order valence-corrected chi connectivity index (χ3v) is 12.2. The Balaban J connectivity index is 1.60. The van der Waals surface area contributed by atoms with Crippen LogP contribution in [0.2, 0.25) is 0 Å². The first-order chi connectivity index (χ1) is 18.9. The normalized spacial score (nSPS) is 22.9. The van der Waals surface area contributed by atoms with Gasteiger partial charge in [-0.3, -0.25) is 9.79 Å². The van der Waals surface area contributed by atoms with Crippen molar-refractivity contribution in [2.45, 2.75) is 122 Å². The SMILES string of the molecule is CCC(F)(F)c1cccc(S(=O)(=O)C(C)(C)C2CC(CCCC(=O)C3=CC(C(C)(C)C)=NCCC(C(C)C)C3)C2)c1. The Hall–Kier alpha value is -1.89. The fourth-order valence-corrected chi connectivity index (χ4v) is 7.87. The molecule has 4 nitrogen and oxygen atoms in total. The summed E-state index contributed by atoms with van der Waals surface area (Å²) in [6, 6.07) is 5.28. The molecule has 41 heavy (non-hydrogen) atoms. The van der Waals surface area contributed by atoms with Crippen molar-refractivity contribution in [2.24, 2.45) is 34.1 Å². The Morgan fingerprint density at radius 1 is 1.10 bits per heavy atom. The quantitative estimate of drug-likeness (QED) is 0.258. The van der Waals surface area contributed by atoms with Gasteiger partial charge in [-0.15, -0.1) is 0 Å². The molecular weight excluding hydrogens is 540 g/mol. The highest BCUT2D eigenvalue weighted by Gasteiger charge is 2.48.